The van der Waals surface area contributed by atoms with Crippen LogP contribution in [0.15, 0.2) is 12.1 Å². The third-order valence-corrected chi connectivity index (χ3v) is 2.25. The average molecular weight is 276 g/mol. The Morgan fingerprint density at radius 1 is 1.26 bits per heavy atom. The molecule has 1 aromatic carbocycles. The van der Waals surface area contributed by atoms with Gasteiger partial charge >= 0.3 is 12.0 Å². The third kappa shape index (κ3) is 3.87. The molecule has 1 aromatic rings. The summed E-state index contributed by atoms with van der Waals surface area (Å²) < 4.78 is 38.4. The highest BCUT2D eigenvalue weighted by atomic mass is 19.2. The van der Waals surface area contributed by atoms with Crippen LogP contribution in [0.4, 0.5) is 23.7 Å². The molecule has 0 saturated carbocycles. The van der Waals surface area contributed by atoms with Crippen LogP contribution >= 0.6 is 0 Å². The summed E-state index contributed by atoms with van der Waals surface area (Å²) in [6.07, 6.45) is 0.134. The normalized spacial score (nSPS) is 11.8. The van der Waals surface area contributed by atoms with Gasteiger partial charge in [0.25, 0.3) is 0 Å². The molecule has 0 saturated heterocycles. The van der Waals surface area contributed by atoms with Crippen molar-refractivity contribution in [3.8, 4) is 0 Å². The summed E-state index contributed by atoms with van der Waals surface area (Å²) in [5.74, 6) is -5.81. The zero-order valence-corrected chi connectivity index (χ0v) is 9.84. The van der Waals surface area contributed by atoms with Gasteiger partial charge in [-0.15, -0.1) is 0 Å². The number of hydrogen-bond donors (Lipinski definition) is 3. The summed E-state index contributed by atoms with van der Waals surface area (Å²) >= 11 is 0. The van der Waals surface area contributed by atoms with Gasteiger partial charge in [-0.25, -0.2) is 22.8 Å². The average Bonchev–Trinajstić information content (AvgIpc) is 2.32. The Balaban J connectivity index is 2.75. The molecule has 1 unspecified atom stereocenters. The second-order valence-corrected chi connectivity index (χ2v) is 3.65. The fourth-order valence-electron chi connectivity index (χ4n) is 1.29. The molecule has 5 nitrogen and oxygen atoms in total. The summed E-state index contributed by atoms with van der Waals surface area (Å²) in [5.41, 5.74) is -0.325. The first-order chi connectivity index (χ1) is 8.85. The van der Waals surface area contributed by atoms with E-state index in [-0.39, 0.29) is 12.1 Å². The smallest absolute Gasteiger partial charge is 0.326 e. The monoisotopic (exact) mass is 276 g/mol. The Morgan fingerprint density at radius 3 is 2.21 bits per heavy atom. The van der Waals surface area contributed by atoms with Crippen molar-refractivity contribution in [2.45, 2.75) is 19.4 Å². The number of carboxylic acid groups (broad SMARTS) is 1. The van der Waals surface area contributed by atoms with Crippen LogP contribution in [-0.2, 0) is 4.79 Å². The lowest BCUT2D eigenvalue weighted by atomic mass is 10.2. The Kier molecular flexibility index (Phi) is 4.74. The molecule has 8 heteroatoms. The van der Waals surface area contributed by atoms with Gasteiger partial charge in [-0.05, 0) is 6.42 Å². The number of hydrogen-bond acceptors (Lipinski definition) is 2. The number of halogens is 3. The van der Waals surface area contributed by atoms with E-state index < -0.39 is 35.5 Å². The number of urea groups is 1. The second kappa shape index (κ2) is 6.07. The maximum atomic E-state index is 12.9. The number of carbonyl (C=O) groups excluding carboxylic acids is 1. The Bertz CT molecular complexity index is 485. The lowest BCUT2D eigenvalue weighted by molar-refractivity contribution is -0.139. The van der Waals surface area contributed by atoms with Gasteiger partial charge in [0.2, 0.25) is 0 Å². The minimum atomic E-state index is -1.65. The van der Waals surface area contributed by atoms with Crippen molar-refractivity contribution in [2.24, 2.45) is 0 Å². The number of carbonyl (C=O) groups is 2. The highest BCUT2D eigenvalue weighted by Crippen LogP contribution is 2.17. The SMILES string of the molecule is CCC(NC(=O)Nc1cc(F)c(F)c(F)c1)C(=O)O. The molecule has 1 atom stereocenters. The molecule has 0 aliphatic carbocycles. The topological polar surface area (TPSA) is 78.4 Å². The van der Waals surface area contributed by atoms with Crippen LogP contribution in [0.5, 0.6) is 0 Å². The van der Waals surface area contributed by atoms with E-state index in [1.807, 2.05) is 5.32 Å². The summed E-state index contributed by atoms with van der Waals surface area (Å²) in [4.78, 5) is 22.0. The minimum Gasteiger partial charge on any atom is -0.480 e. The number of anilines is 1. The van der Waals surface area contributed by atoms with Crippen LogP contribution in [0.2, 0.25) is 0 Å². The minimum absolute atomic E-state index is 0.134. The summed E-state index contributed by atoms with van der Waals surface area (Å²) in [6.45, 7) is 1.54. The van der Waals surface area contributed by atoms with Crippen LogP contribution in [0, 0.1) is 17.5 Å². The van der Waals surface area contributed by atoms with Crippen molar-refractivity contribution >= 4 is 17.7 Å². The van der Waals surface area contributed by atoms with E-state index in [9.17, 15) is 22.8 Å². The third-order valence-electron chi connectivity index (χ3n) is 2.25. The maximum Gasteiger partial charge on any atom is 0.326 e. The largest absolute Gasteiger partial charge is 0.480 e. The molecule has 0 radical (unpaired) electrons. The quantitative estimate of drug-likeness (QED) is 0.737. The molecule has 0 aromatic heterocycles. The molecule has 19 heavy (non-hydrogen) atoms. The van der Waals surface area contributed by atoms with E-state index in [1.54, 1.807) is 0 Å². The Hall–Kier alpha value is -2.25. The van der Waals surface area contributed by atoms with E-state index in [0.717, 1.165) is 0 Å². The van der Waals surface area contributed by atoms with Crippen LogP contribution < -0.4 is 10.6 Å². The molecule has 0 aliphatic rings. The highest BCUT2D eigenvalue weighted by molar-refractivity contribution is 5.92. The zero-order chi connectivity index (χ0) is 14.6. The first-order valence-corrected chi connectivity index (χ1v) is 5.30. The van der Waals surface area contributed by atoms with Gasteiger partial charge in [-0.3, -0.25) is 0 Å². The van der Waals surface area contributed by atoms with Crippen LogP contribution in [0.25, 0.3) is 0 Å². The van der Waals surface area contributed by atoms with E-state index in [0.29, 0.717) is 12.1 Å². The zero-order valence-electron chi connectivity index (χ0n) is 9.84. The van der Waals surface area contributed by atoms with Gasteiger partial charge in [0.15, 0.2) is 17.5 Å². The molecule has 0 aliphatic heterocycles. The molecule has 0 spiro atoms. The van der Waals surface area contributed by atoms with E-state index in [4.69, 9.17) is 5.11 Å². The molecule has 3 N–H and O–H groups in total. The number of aliphatic carboxylic acids is 1. The summed E-state index contributed by atoms with van der Waals surface area (Å²) in [7, 11) is 0. The standard InChI is InChI=1S/C11H11F3N2O3/c1-2-8(10(17)18)16-11(19)15-5-3-6(12)9(14)7(13)4-5/h3-4,8H,2H2,1H3,(H,17,18)(H2,15,16,19). The predicted molar refractivity (Wildman–Crippen MR) is 60.2 cm³/mol. The Labute approximate surface area is 106 Å². The number of rotatable bonds is 4. The molecule has 0 fully saturated rings. The number of amides is 2. The van der Waals surface area contributed by atoms with Crippen LogP contribution in [-0.4, -0.2) is 23.1 Å². The molecular weight excluding hydrogens is 265 g/mol. The summed E-state index contributed by atoms with van der Waals surface area (Å²) in [5, 5.41) is 12.8. The molecule has 2 amide bonds. The van der Waals surface area contributed by atoms with Crippen LogP contribution in [0.3, 0.4) is 0 Å². The summed E-state index contributed by atoms with van der Waals surface area (Å²) in [6, 6.07) is -0.922. The molecule has 1 rings (SSSR count). The first-order valence-electron chi connectivity index (χ1n) is 5.30. The molecular formula is C11H11F3N2O3. The van der Waals surface area contributed by atoms with E-state index in [2.05, 4.69) is 5.32 Å². The van der Waals surface area contributed by atoms with Gasteiger partial charge in [-0.1, -0.05) is 6.92 Å². The molecule has 0 heterocycles. The van der Waals surface area contributed by atoms with Crippen molar-refractivity contribution in [3.05, 3.63) is 29.6 Å². The van der Waals surface area contributed by atoms with Crippen LogP contribution in [0.1, 0.15) is 13.3 Å². The van der Waals surface area contributed by atoms with Gasteiger partial charge in [0.1, 0.15) is 6.04 Å². The lowest BCUT2D eigenvalue weighted by Crippen LogP contribution is -2.42. The lowest BCUT2D eigenvalue weighted by Gasteiger charge is -2.13. The van der Waals surface area contributed by atoms with Crippen molar-refractivity contribution in [1.82, 2.24) is 5.32 Å². The number of nitrogens with one attached hydrogen (secondary N) is 2. The van der Waals surface area contributed by atoms with Crippen molar-refractivity contribution < 1.29 is 27.9 Å². The van der Waals surface area contributed by atoms with Crippen molar-refractivity contribution in [2.75, 3.05) is 5.32 Å². The molecule has 104 valence electrons. The van der Waals surface area contributed by atoms with E-state index in [1.165, 1.54) is 6.92 Å². The predicted octanol–water partition coefficient (Wildman–Crippen LogP) is 2.09. The maximum absolute atomic E-state index is 12.9. The van der Waals surface area contributed by atoms with Crippen molar-refractivity contribution in [3.63, 3.8) is 0 Å². The van der Waals surface area contributed by atoms with Crippen molar-refractivity contribution in [1.29, 1.82) is 0 Å². The highest BCUT2D eigenvalue weighted by Gasteiger charge is 2.18. The number of benzene rings is 1. The van der Waals surface area contributed by atoms with Gasteiger partial charge in [-0.2, -0.15) is 0 Å². The molecule has 0 bridgehead atoms. The Morgan fingerprint density at radius 2 is 1.79 bits per heavy atom. The van der Waals surface area contributed by atoms with E-state index >= 15 is 0 Å². The van der Waals surface area contributed by atoms with Gasteiger partial charge in [0.05, 0.1) is 0 Å². The number of carboxylic acids is 1. The fraction of sp³-hybridized carbons (Fsp3) is 0.273. The van der Waals surface area contributed by atoms with Gasteiger partial charge < -0.3 is 15.7 Å². The fourth-order valence-corrected chi connectivity index (χ4v) is 1.29. The second-order valence-electron chi connectivity index (χ2n) is 3.65. The van der Waals surface area contributed by atoms with Gasteiger partial charge in [0, 0.05) is 17.8 Å². The first kappa shape index (κ1) is 14.8.